The first kappa shape index (κ1) is 13.1. The van der Waals surface area contributed by atoms with E-state index in [-0.39, 0.29) is 11.9 Å². The molecule has 0 aromatic heterocycles. The smallest absolute Gasteiger partial charge is 0.251 e. The van der Waals surface area contributed by atoms with Crippen LogP contribution in [-0.2, 0) is 0 Å². The molecule has 0 heterocycles. The first-order valence-corrected chi connectivity index (χ1v) is 7.23. The molecule has 0 spiro atoms. The molecule has 0 saturated heterocycles. The van der Waals surface area contributed by atoms with E-state index in [2.05, 4.69) is 21.2 Å². The summed E-state index contributed by atoms with van der Waals surface area (Å²) in [5.74, 6) is 0.490. The highest BCUT2D eigenvalue weighted by Crippen LogP contribution is 2.27. The van der Waals surface area contributed by atoms with Crippen molar-refractivity contribution in [1.82, 2.24) is 5.32 Å². The Morgan fingerprint density at radius 2 is 2.11 bits per heavy atom. The predicted molar refractivity (Wildman–Crippen MR) is 73.5 cm³/mol. The number of carbonyl (C=O) groups is 1. The minimum absolute atomic E-state index is 0.0441. The van der Waals surface area contributed by atoms with Crippen LogP contribution < -0.4 is 5.32 Å². The molecule has 18 heavy (non-hydrogen) atoms. The molecule has 1 aromatic rings. The zero-order chi connectivity index (χ0) is 13.0. The Labute approximate surface area is 115 Å². The lowest BCUT2D eigenvalue weighted by atomic mass is 10.1. The van der Waals surface area contributed by atoms with Crippen molar-refractivity contribution < 1.29 is 4.79 Å². The van der Waals surface area contributed by atoms with Crippen LogP contribution in [0.4, 0.5) is 0 Å². The lowest BCUT2D eigenvalue weighted by Gasteiger charge is -2.19. The fourth-order valence-corrected chi connectivity index (χ4v) is 3.13. The first-order chi connectivity index (χ1) is 8.74. The Bertz CT molecular complexity index is 464. The van der Waals surface area contributed by atoms with Gasteiger partial charge >= 0.3 is 0 Å². The van der Waals surface area contributed by atoms with E-state index in [1.54, 1.807) is 24.3 Å². The van der Waals surface area contributed by atoms with Gasteiger partial charge < -0.3 is 5.32 Å². The van der Waals surface area contributed by atoms with E-state index in [4.69, 9.17) is 5.26 Å². The van der Waals surface area contributed by atoms with E-state index >= 15 is 0 Å². The number of hydrogen-bond acceptors (Lipinski definition) is 2. The van der Waals surface area contributed by atoms with Crippen LogP contribution in [0.2, 0.25) is 0 Å². The normalized spacial score (nSPS) is 22.4. The van der Waals surface area contributed by atoms with Gasteiger partial charge in [0.15, 0.2) is 0 Å². The molecule has 1 amide bonds. The summed E-state index contributed by atoms with van der Waals surface area (Å²) in [6.07, 6.45) is 3.40. The number of benzene rings is 1. The second-order valence-corrected chi connectivity index (χ2v) is 5.26. The van der Waals surface area contributed by atoms with Crippen molar-refractivity contribution in [3.05, 3.63) is 35.4 Å². The summed E-state index contributed by atoms with van der Waals surface area (Å²) in [6.45, 7) is 0. The van der Waals surface area contributed by atoms with Gasteiger partial charge in [0.1, 0.15) is 0 Å². The molecule has 0 bridgehead atoms. The largest absolute Gasteiger partial charge is 0.349 e. The van der Waals surface area contributed by atoms with Crippen molar-refractivity contribution in [2.45, 2.75) is 25.3 Å². The number of amides is 1. The molecule has 4 heteroatoms. The topological polar surface area (TPSA) is 52.9 Å². The summed E-state index contributed by atoms with van der Waals surface area (Å²) >= 11 is 3.49. The van der Waals surface area contributed by atoms with Crippen LogP contribution >= 0.6 is 15.9 Å². The van der Waals surface area contributed by atoms with Crippen molar-refractivity contribution in [2.75, 3.05) is 5.33 Å². The summed E-state index contributed by atoms with van der Waals surface area (Å²) < 4.78 is 0. The van der Waals surface area contributed by atoms with E-state index in [1.165, 1.54) is 12.8 Å². The molecule has 1 N–H and O–H groups in total. The highest BCUT2D eigenvalue weighted by molar-refractivity contribution is 9.09. The number of nitrogens with one attached hydrogen (secondary N) is 1. The molecular weight excluding hydrogens is 292 g/mol. The van der Waals surface area contributed by atoms with Gasteiger partial charge in [0, 0.05) is 16.9 Å². The maximum Gasteiger partial charge on any atom is 0.251 e. The quantitative estimate of drug-likeness (QED) is 0.873. The minimum atomic E-state index is -0.0441. The molecular formula is C14H15BrN2O. The summed E-state index contributed by atoms with van der Waals surface area (Å²) in [4.78, 5) is 12.1. The molecule has 1 aliphatic carbocycles. The van der Waals surface area contributed by atoms with Gasteiger partial charge in [-0.05, 0) is 43.0 Å². The van der Waals surface area contributed by atoms with Gasteiger partial charge in [0.2, 0.25) is 0 Å². The van der Waals surface area contributed by atoms with Crippen molar-refractivity contribution >= 4 is 21.8 Å². The standard InChI is InChI=1S/C14H15BrN2O/c15-8-12-2-1-3-13(12)17-14(18)11-6-4-10(9-16)5-7-11/h4-7,12-13H,1-3,8H2,(H,17,18). The van der Waals surface area contributed by atoms with Crippen molar-refractivity contribution in [3.63, 3.8) is 0 Å². The summed E-state index contributed by atoms with van der Waals surface area (Å²) in [5.41, 5.74) is 1.19. The molecule has 1 aliphatic rings. The number of halogens is 1. The molecule has 2 unspecified atom stereocenters. The number of nitriles is 1. The molecule has 2 rings (SSSR count). The number of nitrogens with zero attached hydrogens (tertiary/aromatic N) is 1. The molecule has 0 aliphatic heterocycles. The Balaban J connectivity index is 2.01. The molecule has 2 atom stereocenters. The van der Waals surface area contributed by atoms with Crippen LogP contribution in [-0.4, -0.2) is 17.3 Å². The lowest BCUT2D eigenvalue weighted by Crippen LogP contribution is -2.37. The average Bonchev–Trinajstić information content (AvgIpc) is 2.86. The Morgan fingerprint density at radius 1 is 1.39 bits per heavy atom. The lowest BCUT2D eigenvalue weighted by molar-refractivity contribution is 0.0930. The van der Waals surface area contributed by atoms with Crippen molar-refractivity contribution in [3.8, 4) is 6.07 Å². The number of hydrogen-bond donors (Lipinski definition) is 1. The van der Waals surface area contributed by atoms with Gasteiger partial charge in [-0.2, -0.15) is 5.26 Å². The molecule has 3 nitrogen and oxygen atoms in total. The van der Waals surface area contributed by atoms with Crippen LogP contribution in [0.3, 0.4) is 0 Å². The van der Waals surface area contributed by atoms with E-state index < -0.39 is 0 Å². The molecule has 0 radical (unpaired) electrons. The monoisotopic (exact) mass is 306 g/mol. The van der Waals surface area contributed by atoms with Crippen LogP contribution in [0.15, 0.2) is 24.3 Å². The van der Waals surface area contributed by atoms with E-state index in [0.717, 1.165) is 11.8 Å². The Morgan fingerprint density at radius 3 is 2.72 bits per heavy atom. The first-order valence-electron chi connectivity index (χ1n) is 6.11. The second kappa shape index (κ2) is 6.01. The highest BCUT2D eigenvalue weighted by atomic mass is 79.9. The van der Waals surface area contributed by atoms with Crippen molar-refractivity contribution in [1.29, 1.82) is 5.26 Å². The molecule has 1 fully saturated rings. The third kappa shape index (κ3) is 2.91. The van der Waals surface area contributed by atoms with Crippen LogP contribution in [0.1, 0.15) is 35.2 Å². The SMILES string of the molecule is N#Cc1ccc(C(=O)NC2CCCC2CBr)cc1. The zero-order valence-electron chi connectivity index (χ0n) is 10.0. The van der Waals surface area contributed by atoms with Gasteiger partial charge in [-0.15, -0.1) is 0 Å². The summed E-state index contributed by atoms with van der Waals surface area (Å²) in [7, 11) is 0. The number of rotatable bonds is 3. The van der Waals surface area contributed by atoms with Crippen LogP contribution in [0.5, 0.6) is 0 Å². The number of alkyl halides is 1. The Hall–Kier alpha value is -1.34. The fraction of sp³-hybridized carbons (Fsp3) is 0.429. The maximum absolute atomic E-state index is 12.1. The van der Waals surface area contributed by atoms with Gasteiger partial charge in [-0.25, -0.2) is 0 Å². The van der Waals surface area contributed by atoms with Gasteiger partial charge in [0.05, 0.1) is 11.6 Å². The molecule has 1 aromatic carbocycles. The van der Waals surface area contributed by atoms with E-state index in [1.807, 2.05) is 6.07 Å². The molecule has 1 saturated carbocycles. The zero-order valence-corrected chi connectivity index (χ0v) is 11.6. The summed E-state index contributed by atoms with van der Waals surface area (Å²) in [5, 5.41) is 12.7. The van der Waals surface area contributed by atoms with Gasteiger partial charge in [0.25, 0.3) is 5.91 Å². The van der Waals surface area contributed by atoms with Crippen molar-refractivity contribution in [2.24, 2.45) is 5.92 Å². The highest BCUT2D eigenvalue weighted by Gasteiger charge is 2.27. The maximum atomic E-state index is 12.1. The Kier molecular flexibility index (Phi) is 4.38. The van der Waals surface area contributed by atoms with Gasteiger partial charge in [-0.1, -0.05) is 22.4 Å². The van der Waals surface area contributed by atoms with E-state index in [9.17, 15) is 4.79 Å². The molecule has 94 valence electrons. The summed E-state index contributed by atoms with van der Waals surface area (Å²) in [6, 6.07) is 9.06. The predicted octanol–water partition coefficient (Wildman–Crippen LogP) is 2.85. The fourth-order valence-electron chi connectivity index (χ4n) is 2.36. The van der Waals surface area contributed by atoms with E-state index in [0.29, 0.717) is 17.0 Å². The van der Waals surface area contributed by atoms with Crippen LogP contribution in [0.25, 0.3) is 0 Å². The second-order valence-electron chi connectivity index (χ2n) is 4.61. The number of carbonyl (C=O) groups excluding carboxylic acids is 1. The average molecular weight is 307 g/mol. The van der Waals surface area contributed by atoms with Gasteiger partial charge in [-0.3, -0.25) is 4.79 Å². The third-order valence-corrected chi connectivity index (χ3v) is 4.28. The minimum Gasteiger partial charge on any atom is -0.349 e. The third-order valence-electron chi connectivity index (χ3n) is 3.45. The van der Waals surface area contributed by atoms with Crippen LogP contribution in [0, 0.1) is 17.2 Å².